The van der Waals surface area contributed by atoms with E-state index < -0.39 is 12.0 Å². The molecule has 1 aliphatic heterocycles. The molecule has 0 radical (unpaired) electrons. The molecule has 2 unspecified atom stereocenters. The number of aromatic nitrogens is 2. The van der Waals surface area contributed by atoms with Gasteiger partial charge < -0.3 is 9.84 Å². The van der Waals surface area contributed by atoms with Gasteiger partial charge in [0.25, 0.3) is 5.82 Å². The number of nitrogens with one attached hydrogen (secondary N) is 1. The van der Waals surface area contributed by atoms with Crippen LogP contribution in [-0.4, -0.2) is 16.7 Å². The van der Waals surface area contributed by atoms with Crippen molar-refractivity contribution in [3.05, 3.63) is 11.7 Å². The lowest BCUT2D eigenvalue weighted by molar-refractivity contribution is -0.146. The van der Waals surface area contributed by atoms with Crippen LogP contribution < -0.4 is 5.32 Å². The van der Waals surface area contributed by atoms with Gasteiger partial charge in [0.05, 0.1) is 6.04 Å². The molecular weight excluding hydrogens is 235 g/mol. The molecule has 17 heavy (non-hydrogen) atoms. The van der Waals surface area contributed by atoms with E-state index in [1.54, 1.807) is 0 Å². The maximum Gasteiger partial charge on any atom is 0.455 e. The fraction of sp³-hybridized carbons (Fsp3) is 0.800. The maximum atomic E-state index is 12.3. The molecule has 1 fully saturated rings. The summed E-state index contributed by atoms with van der Waals surface area (Å²) in [5.41, 5.74) is 0. The number of piperidine rings is 1. The number of hydrogen-bond donors (Lipinski definition) is 1. The Morgan fingerprint density at radius 3 is 2.82 bits per heavy atom. The largest absolute Gasteiger partial charge is 0.455 e. The average molecular weight is 249 g/mol. The van der Waals surface area contributed by atoms with E-state index in [2.05, 4.69) is 26.9 Å². The van der Waals surface area contributed by atoms with Crippen LogP contribution in [0.2, 0.25) is 0 Å². The van der Waals surface area contributed by atoms with Crippen LogP contribution >= 0.6 is 0 Å². The van der Waals surface area contributed by atoms with Gasteiger partial charge in [-0.15, -0.1) is 0 Å². The van der Waals surface area contributed by atoms with E-state index >= 15 is 0 Å². The minimum Gasteiger partial charge on any atom is -0.337 e. The summed E-state index contributed by atoms with van der Waals surface area (Å²) in [7, 11) is 0. The summed E-state index contributed by atoms with van der Waals surface area (Å²) in [6.45, 7) is 2.84. The molecule has 1 N–H and O–H groups in total. The van der Waals surface area contributed by atoms with Crippen molar-refractivity contribution in [2.45, 2.75) is 38.4 Å². The Balaban J connectivity index is 2.09. The first-order chi connectivity index (χ1) is 8.00. The van der Waals surface area contributed by atoms with Crippen molar-refractivity contribution in [1.29, 1.82) is 0 Å². The molecule has 2 heterocycles. The number of rotatable bonds is 2. The Morgan fingerprint density at radius 2 is 2.24 bits per heavy atom. The quantitative estimate of drug-likeness (QED) is 0.875. The lowest BCUT2D eigenvalue weighted by Gasteiger charge is -2.27. The standard InChI is InChI=1S/C10H14F3N3O/c1-2-6-3-4-14-7(5-6)8-15-9(16-17-8)10(11,12)13/h6-7,14H,2-5H2,1H3. The van der Waals surface area contributed by atoms with Gasteiger partial charge in [-0.05, 0) is 25.3 Å². The molecule has 0 spiro atoms. The maximum absolute atomic E-state index is 12.3. The second-order valence-electron chi connectivity index (χ2n) is 4.26. The third kappa shape index (κ3) is 2.77. The van der Waals surface area contributed by atoms with E-state index in [-0.39, 0.29) is 11.9 Å². The van der Waals surface area contributed by atoms with Gasteiger partial charge in [0.15, 0.2) is 0 Å². The summed E-state index contributed by atoms with van der Waals surface area (Å²) in [5, 5.41) is 6.06. The molecular formula is C10H14F3N3O. The molecule has 1 saturated heterocycles. The monoisotopic (exact) mass is 249 g/mol. The van der Waals surface area contributed by atoms with E-state index in [4.69, 9.17) is 0 Å². The molecule has 0 saturated carbocycles. The molecule has 4 nitrogen and oxygen atoms in total. The van der Waals surface area contributed by atoms with Crippen LogP contribution in [0, 0.1) is 5.92 Å². The fourth-order valence-electron chi connectivity index (χ4n) is 2.05. The zero-order chi connectivity index (χ0) is 12.5. The molecule has 96 valence electrons. The SMILES string of the molecule is CCC1CCNC(c2nc(C(F)(F)F)no2)C1. The summed E-state index contributed by atoms with van der Waals surface area (Å²) < 4.78 is 41.6. The van der Waals surface area contributed by atoms with Gasteiger partial charge in [-0.1, -0.05) is 18.5 Å². The second kappa shape index (κ2) is 4.64. The zero-order valence-electron chi connectivity index (χ0n) is 9.42. The Labute approximate surface area is 96.6 Å². The van der Waals surface area contributed by atoms with Gasteiger partial charge in [-0.25, -0.2) is 0 Å². The Bertz CT molecular complexity index is 377. The normalized spacial score (nSPS) is 26.1. The lowest BCUT2D eigenvalue weighted by Crippen LogP contribution is -2.31. The first kappa shape index (κ1) is 12.3. The van der Waals surface area contributed by atoms with E-state index in [0.717, 1.165) is 25.8 Å². The van der Waals surface area contributed by atoms with Crippen LogP contribution in [0.25, 0.3) is 0 Å². The molecule has 0 amide bonds. The van der Waals surface area contributed by atoms with Crippen LogP contribution in [0.4, 0.5) is 13.2 Å². The minimum atomic E-state index is -4.54. The highest BCUT2D eigenvalue weighted by Gasteiger charge is 2.38. The third-order valence-electron chi connectivity index (χ3n) is 3.08. The molecule has 1 aromatic heterocycles. The van der Waals surface area contributed by atoms with Crippen LogP contribution in [0.5, 0.6) is 0 Å². The topological polar surface area (TPSA) is 51.0 Å². The van der Waals surface area contributed by atoms with Gasteiger partial charge in [0.1, 0.15) is 0 Å². The predicted octanol–water partition coefficient (Wildman–Crippen LogP) is 2.54. The number of hydrogen-bond acceptors (Lipinski definition) is 4. The van der Waals surface area contributed by atoms with Crippen LogP contribution in [0.15, 0.2) is 4.52 Å². The predicted molar refractivity (Wildman–Crippen MR) is 53.1 cm³/mol. The van der Waals surface area contributed by atoms with E-state index in [1.807, 2.05) is 0 Å². The van der Waals surface area contributed by atoms with Crippen molar-refractivity contribution in [3.8, 4) is 0 Å². The molecule has 0 aromatic carbocycles. The zero-order valence-corrected chi connectivity index (χ0v) is 9.42. The highest BCUT2D eigenvalue weighted by Crippen LogP contribution is 2.31. The molecule has 0 aliphatic carbocycles. The smallest absolute Gasteiger partial charge is 0.337 e. The first-order valence-electron chi connectivity index (χ1n) is 5.65. The highest BCUT2D eigenvalue weighted by molar-refractivity contribution is 4.97. The van der Waals surface area contributed by atoms with Crippen LogP contribution in [0.1, 0.15) is 43.9 Å². The fourth-order valence-corrected chi connectivity index (χ4v) is 2.05. The Morgan fingerprint density at radius 1 is 1.47 bits per heavy atom. The van der Waals surface area contributed by atoms with Crippen LogP contribution in [0.3, 0.4) is 0 Å². The first-order valence-corrected chi connectivity index (χ1v) is 5.65. The Hall–Kier alpha value is -1.11. The second-order valence-corrected chi connectivity index (χ2v) is 4.26. The van der Waals surface area contributed by atoms with Crippen molar-refractivity contribution >= 4 is 0 Å². The van der Waals surface area contributed by atoms with E-state index in [0.29, 0.717) is 5.92 Å². The summed E-state index contributed by atoms with van der Waals surface area (Å²) in [6, 6.07) is -0.253. The van der Waals surface area contributed by atoms with Crippen molar-refractivity contribution < 1.29 is 17.7 Å². The van der Waals surface area contributed by atoms with E-state index in [1.165, 1.54) is 0 Å². The summed E-state index contributed by atoms with van der Waals surface area (Å²) >= 11 is 0. The van der Waals surface area contributed by atoms with E-state index in [9.17, 15) is 13.2 Å². The Kier molecular flexibility index (Phi) is 3.37. The van der Waals surface area contributed by atoms with Gasteiger partial charge >= 0.3 is 6.18 Å². The summed E-state index contributed by atoms with van der Waals surface area (Å²) in [5.74, 6) is -0.661. The minimum absolute atomic E-state index is 0.0375. The van der Waals surface area contributed by atoms with Gasteiger partial charge in [-0.3, -0.25) is 0 Å². The van der Waals surface area contributed by atoms with Crippen molar-refractivity contribution in [1.82, 2.24) is 15.5 Å². The van der Waals surface area contributed by atoms with Crippen LogP contribution in [-0.2, 0) is 6.18 Å². The van der Waals surface area contributed by atoms with Gasteiger partial charge in [0, 0.05) is 0 Å². The van der Waals surface area contributed by atoms with Gasteiger partial charge in [0.2, 0.25) is 5.89 Å². The van der Waals surface area contributed by atoms with Crippen molar-refractivity contribution in [2.75, 3.05) is 6.54 Å². The molecule has 0 bridgehead atoms. The molecule has 2 atom stereocenters. The molecule has 2 rings (SSSR count). The van der Waals surface area contributed by atoms with Gasteiger partial charge in [-0.2, -0.15) is 18.2 Å². The number of nitrogens with zero attached hydrogens (tertiary/aromatic N) is 2. The molecule has 1 aliphatic rings. The molecule has 1 aromatic rings. The highest BCUT2D eigenvalue weighted by atomic mass is 19.4. The summed E-state index contributed by atoms with van der Waals surface area (Å²) in [4.78, 5) is 3.41. The number of alkyl halides is 3. The third-order valence-corrected chi connectivity index (χ3v) is 3.08. The van der Waals surface area contributed by atoms with Crippen molar-refractivity contribution in [3.63, 3.8) is 0 Å². The number of halogens is 3. The molecule has 7 heteroatoms. The van der Waals surface area contributed by atoms with Crippen molar-refractivity contribution in [2.24, 2.45) is 5.92 Å². The summed E-state index contributed by atoms with van der Waals surface area (Å²) in [6.07, 6.45) is -1.75. The lowest BCUT2D eigenvalue weighted by atomic mass is 9.90. The average Bonchev–Trinajstić information content (AvgIpc) is 2.78.